The third-order valence-corrected chi connectivity index (χ3v) is 2.34. The average Bonchev–Trinajstić information content (AvgIpc) is 2.16. The number of aryl methyl sites for hydroxylation is 1. The highest BCUT2D eigenvalue weighted by Crippen LogP contribution is 2.25. The molecule has 15 heavy (non-hydrogen) atoms. The van der Waals surface area contributed by atoms with E-state index in [-0.39, 0.29) is 5.69 Å². The van der Waals surface area contributed by atoms with Crippen molar-refractivity contribution in [3.63, 3.8) is 0 Å². The van der Waals surface area contributed by atoms with Gasteiger partial charge in [0.2, 0.25) is 0 Å². The van der Waals surface area contributed by atoms with Crippen LogP contribution in [0.2, 0.25) is 5.02 Å². The van der Waals surface area contributed by atoms with Crippen molar-refractivity contribution in [2.45, 2.75) is 6.92 Å². The molecule has 0 spiro atoms. The Kier molecular flexibility index (Phi) is 2.28. The summed E-state index contributed by atoms with van der Waals surface area (Å²) in [5, 5.41) is 11.8. The van der Waals surface area contributed by atoms with Crippen LogP contribution in [-0.4, -0.2) is 9.91 Å². The summed E-state index contributed by atoms with van der Waals surface area (Å²) in [5.41, 5.74) is 1.57. The van der Waals surface area contributed by atoms with Crippen LogP contribution in [0.4, 0.5) is 5.69 Å². The van der Waals surface area contributed by atoms with Crippen LogP contribution in [0.5, 0.6) is 0 Å². The largest absolute Gasteiger partial charge is 0.270 e. The number of benzene rings is 1. The van der Waals surface area contributed by atoms with E-state index >= 15 is 0 Å². The maximum absolute atomic E-state index is 10.6. The van der Waals surface area contributed by atoms with Gasteiger partial charge in [0.15, 0.2) is 0 Å². The van der Waals surface area contributed by atoms with Crippen molar-refractivity contribution in [1.82, 2.24) is 4.98 Å². The lowest BCUT2D eigenvalue weighted by Crippen LogP contribution is -1.91. The van der Waals surface area contributed by atoms with Gasteiger partial charge in [-0.1, -0.05) is 11.6 Å². The van der Waals surface area contributed by atoms with Crippen molar-refractivity contribution >= 4 is 28.2 Å². The number of non-ortho nitro benzene ring substituents is 1. The fourth-order valence-electron chi connectivity index (χ4n) is 1.49. The van der Waals surface area contributed by atoms with Gasteiger partial charge in [-0.2, -0.15) is 0 Å². The minimum absolute atomic E-state index is 0.0593. The first-order chi connectivity index (χ1) is 7.08. The second-order valence-corrected chi connectivity index (χ2v) is 3.68. The SMILES string of the molecule is Cc1cc([N+](=O)[O-])cc2cc(Cl)cnc12. The highest BCUT2D eigenvalue weighted by molar-refractivity contribution is 6.31. The summed E-state index contributed by atoms with van der Waals surface area (Å²) in [6.45, 7) is 1.79. The van der Waals surface area contributed by atoms with Gasteiger partial charge in [-0.05, 0) is 18.6 Å². The minimum atomic E-state index is -0.423. The molecular formula is C10H7ClN2O2. The van der Waals surface area contributed by atoms with Crippen molar-refractivity contribution in [2.75, 3.05) is 0 Å². The van der Waals surface area contributed by atoms with E-state index in [1.54, 1.807) is 13.0 Å². The van der Waals surface area contributed by atoms with Crippen LogP contribution in [0.3, 0.4) is 0 Å². The van der Waals surface area contributed by atoms with Gasteiger partial charge in [0.25, 0.3) is 5.69 Å². The molecule has 1 aromatic carbocycles. The number of rotatable bonds is 1. The first kappa shape index (κ1) is 9.86. The number of nitro groups is 1. The topological polar surface area (TPSA) is 56.0 Å². The zero-order valence-electron chi connectivity index (χ0n) is 7.90. The fraction of sp³-hybridized carbons (Fsp3) is 0.100. The van der Waals surface area contributed by atoms with Crippen LogP contribution in [0, 0.1) is 17.0 Å². The summed E-state index contributed by atoms with van der Waals surface area (Å²) < 4.78 is 0. The third-order valence-electron chi connectivity index (χ3n) is 2.14. The first-order valence-corrected chi connectivity index (χ1v) is 4.66. The molecule has 0 aliphatic carbocycles. The number of pyridine rings is 1. The predicted octanol–water partition coefficient (Wildman–Crippen LogP) is 3.10. The fourth-order valence-corrected chi connectivity index (χ4v) is 1.66. The summed E-state index contributed by atoms with van der Waals surface area (Å²) in [6, 6.07) is 4.65. The van der Waals surface area contributed by atoms with E-state index in [9.17, 15) is 10.1 Å². The molecule has 0 amide bonds. The molecule has 0 fully saturated rings. The molecule has 0 aliphatic rings. The van der Waals surface area contributed by atoms with Gasteiger partial charge in [-0.3, -0.25) is 15.1 Å². The van der Waals surface area contributed by atoms with Gasteiger partial charge < -0.3 is 0 Å². The molecule has 0 bridgehead atoms. The van der Waals surface area contributed by atoms with Crippen molar-refractivity contribution in [3.05, 3.63) is 45.1 Å². The minimum Gasteiger partial charge on any atom is -0.258 e. The summed E-state index contributed by atoms with van der Waals surface area (Å²) in [4.78, 5) is 14.3. The Labute approximate surface area is 90.7 Å². The Bertz CT molecular complexity index is 554. The maximum Gasteiger partial charge on any atom is 0.270 e. The second-order valence-electron chi connectivity index (χ2n) is 3.25. The number of aromatic nitrogens is 1. The molecule has 5 heteroatoms. The lowest BCUT2D eigenvalue weighted by Gasteiger charge is -2.01. The van der Waals surface area contributed by atoms with E-state index in [1.807, 2.05) is 0 Å². The molecule has 2 aromatic rings. The van der Waals surface area contributed by atoms with Crippen LogP contribution >= 0.6 is 11.6 Å². The smallest absolute Gasteiger partial charge is 0.258 e. The Morgan fingerprint density at radius 1 is 1.40 bits per heavy atom. The summed E-state index contributed by atoms with van der Waals surface area (Å²) in [5.74, 6) is 0. The molecule has 0 aliphatic heterocycles. The summed E-state index contributed by atoms with van der Waals surface area (Å²) in [6.07, 6.45) is 1.53. The predicted molar refractivity (Wildman–Crippen MR) is 58.1 cm³/mol. The highest BCUT2D eigenvalue weighted by atomic mass is 35.5. The van der Waals surface area contributed by atoms with Crippen LogP contribution in [0.15, 0.2) is 24.4 Å². The van der Waals surface area contributed by atoms with Crippen molar-refractivity contribution in [2.24, 2.45) is 0 Å². The number of halogens is 1. The summed E-state index contributed by atoms with van der Waals surface area (Å²) >= 11 is 5.77. The molecule has 2 rings (SSSR count). The van der Waals surface area contributed by atoms with Gasteiger partial charge in [0.1, 0.15) is 0 Å². The molecule has 1 aromatic heterocycles. The standard InChI is InChI=1S/C10H7ClN2O2/c1-6-2-9(13(14)15)4-7-3-8(11)5-12-10(6)7/h2-5H,1H3. The number of nitro benzene ring substituents is 1. The first-order valence-electron chi connectivity index (χ1n) is 4.28. The van der Waals surface area contributed by atoms with Crippen LogP contribution in [0.25, 0.3) is 10.9 Å². The molecule has 0 saturated carbocycles. The lowest BCUT2D eigenvalue weighted by atomic mass is 10.1. The molecule has 0 saturated heterocycles. The molecule has 1 heterocycles. The molecule has 0 N–H and O–H groups in total. The van der Waals surface area contributed by atoms with Crippen molar-refractivity contribution in [3.8, 4) is 0 Å². The molecule has 4 nitrogen and oxygen atoms in total. The zero-order chi connectivity index (χ0) is 11.0. The quantitative estimate of drug-likeness (QED) is 0.550. The molecule has 0 radical (unpaired) electrons. The number of nitrogens with zero attached hydrogens (tertiary/aromatic N) is 2. The highest BCUT2D eigenvalue weighted by Gasteiger charge is 2.10. The van der Waals surface area contributed by atoms with Crippen LogP contribution in [0.1, 0.15) is 5.56 Å². The molecule has 0 unspecified atom stereocenters. The van der Waals surface area contributed by atoms with Gasteiger partial charge in [-0.25, -0.2) is 0 Å². The van der Waals surface area contributed by atoms with E-state index in [4.69, 9.17) is 11.6 Å². The second kappa shape index (κ2) is 3.47. The Morgan fingerprint density at radius 2 is 2.13 bits per heavy atom. The lowest BCUT2D eigenvalue weighted by molar-refractivity contribution is -0.384. The van der Waals surface area contributed by atoms with E-state index in [0.29, 0.717) is 10.4 Å². The van der Waals surface area contributed by atoms with Gasteiger partial charge in [-0.15, -0.1) is 0 Å². The zero-order valence-corrected chi connectivity index (χ0v) is 8.65. The maximum atomic E-state index is 10.6. The van der Waals surface area contributed by atoms with E-state index in [0.717, 1.165) is 11.1 Å². The number of hydrogen-bond acceptors (Lipinski definition) is 3. The van der Waals surface area contributed by atoms with E-state index in [1.165, 1.54) is 18.3 Å². The van der Waals surface area contributed by atoms with E-state index in [2.05, 4.69) is 4.98 Å². The van der Waals surface area contributed by atoms with Gasteiger partial charge >= 0.3 is 0 Å². The van der Waals surface area contributed by atoms with Gasteiger partial charge in [0.05, 0.1) is 15.5 Å². The molecule has 76 valence electrons. The normalized spacial score (nSPS) is 10.5. The van der Waals surface area contributed by atoms with Crippen LogP contribution < -0.4 is 0 Å². The van der Waals surface area contributed by atoms with Crippen LogP contribution in [-0.2, 0) is 0 Å². The van der Waals surface area contributed by atoms with Crippen molar-refractivity contribution in [1.29, 1.82) is 0 Å². The number of hydrogen-bond donors (Lipinski definition) is 0. The molecular weight excluding hydrogens is 216 g/mol. The Balaban J connectivity index is 2.79. The van der Waals surface area contributed by atoms with Gasteiger partial charge in [0, 0.05) is 23.7 Å². The Hall–Kier alpha value is -1.68. The third kappa shape index (κ3) is 1.76. The monoisotopic (exact) mass is 222 g/mol. The average molecular weight is 223 g/mol. The number of fused-ring (bicyclic) bond motifs is 1. The Morgan fingerprint density at radius 3 is 2.80 bits per heavy atom. The molecule has 0 atom stereocenters. The van der Waals surface area contributed by atoms with Crippen molar-refractivity contribution < 1.29 is 4.92 Å². The van der Waals surface area contributed by atoms with E-state index < -0.39 is 4.92 Å². The summed E-state index contributed by atoms with van der Waals surface area (Å²) in [7, 11) is 0.